The summed E-state index contributed by atoms with van der Waals surface area (Å²) in [6, 6.07) is 7.69. The Morgan fingerprint density at radius 1 is 1.36 bits per heavy atom. The zero-order valence-electron chi connectivity index (χ0n) is 7.82. The van der Waals surface area contributed by atoms with Gasteiger partial charge in [0.1, 0.15) is 0 Å². The Kier molecular flexibility index (Phi) is 2.14. The van der Waals surface area contributed by atoms with Gasteiger partial charge < -0.3 is 5.32 Å². The lowest BCUT2D eigenvalue weighted by atomic mass is 10.1. The standard InChI is InChI=1S/C11H10N2O/c1-8-5-6-12-11-9(8)3-2-4-10(11)13-7-14/h2-7H,1H3,(H,13,14). The van der Waals surface area contributed by atoms with Crippen LogP contribution >= 0.6 is 0 Å². The van der Waals surface area contributed by atoms with Crippen molar-refractivity contribution in [3.05, 3.63) is 36.0 Å². The second-order valence-electron chi connectivity index (χ2n) is 3.09. The van der Waals surface area contributed by atoms with Crippen molar-refractivity contribution in [3.63, 3.8) is 0 Å². The summed E-state index contributed by atoms with van der Waals surface area (Å²) in [6.45, 7) is 2.02. The lowest BCUT2D eigenvalue weighted by Gasteiger charge is -2.05. The molecule has 2 rings (SSSR count). The smallest absolute Gasteiger partial charge is 0.211 e. The Hall–Kier alpha value is -1.90. The molecule has 0 aliphatic heterocycles. The molecule has 2 aromatic rings. The molecule has 0 bridgehead atoms. The van der Waals surface area contributed by atoms with Gasteiger partial charge in [-0.1, -0.05) is 12.1 Å². The number of carbonyl (C=O) groups is 1. The first-order valence-electron chi connectivity index (χ1n) is 4.37. The van der Waals surface area contributed by atoms with Crippen molar-refractivity contribution in [3.8, 4) is 0 Å². The van der Waals surface area contributed by atoms with Crippen LogP contribution in [-0.2, 0) is 4.79 Å². The summed E-state index contributed by atoms with van der Waals surface area (Å²) in [5, 5.41) is 3.70. The van der Waals surface area contributed by atoms with Crippen LogP contribution in [0.15, 0.2) is 30.5 Å². The van der Waals surface area contributed by atoms with E-state index in [9.17, 15) is 4.79 Å². The molecule has 1 amide bonds. The number of amides is 1. The molecule has 0 aliphatic rings. The van der Waals surface area contributed by atoms with Crippen LogP contribution in [0, 0.1) is 6.92 Å². The van der Waals surface area contributed by atoms with E-state index in [2.05, 4.69) is 10.3 Å². The highest BCUT2D eigenvalue weighted by molar-refractivity contribution is 5.95. The van der Waals surface area contributed by atoms with Gasteiger partial charge in [-0.05, 0) is 24.6 Å². The molecule has 0 saturated carbocycles. The Morgan fingerprint density at radius 3 is 3.00 bits per heavy atom. The Bertz CT molecular complexity index is 480. The number of nitrogens with one attached hydrogen (secondary N) is 1. The van der Waals surface area contributed by atoms with Crippen molar-refractivity contribution in [1.82, 2.24) is 4.98 Å². The van der Waals surface area contributed by atoms with Gasteiger partial charge in [0.2, 0.25) is 6.41 Å². The molecule has 1 heterocycles. The minimum Gasteiger partial charge on any atom is -0.327 e. The lowest BCUT2D eigenvalue weighted by molar-refractivity contribution is -0.105. The van der Waals surface area contributed by atoms with Crippen LogP contribution in [0.5, 0.6) is 0 Å². The highest BCUT2D eigenvalue weighted by Gasteiger charge is 2.02. The van der Waals surface area contributed by atoms with Crippen molar-refractivity contribution in [2.45, 2.75) is 6.92 Å². The van der Waals surface area contributed by atoms with E-state index in [1.54, 1.807) is 6.20 Å². The van der Waals surface area contributed by atoms with Gasteiger partial charge in [-0.2, -0.15) is 0 Å². The summed E-state index contributed by atoms with van der Waals surface area (Å²) < 4.78 is 0. The van der Waals surface area contributed by atoms with E-state index >= 15 is 0 Å². The number of aryl methyl sites for hydroxylation is 1. The van der Waals surface area contributed by atoms with Gasteiger partial charge >= 0.3 is 0 Å². The molecule has 3 nitrogen and oxygen atoms in total. The van der Waals surface area contributed by atoms with E-state index in [-0.39, 0.29) is 0 Å². The van der Waals surface area contributed by atoms with Gasteiger partial charge in [0, 0.05) is 11.6 Å². The van der Waals surface area contributed by atoms with Gasteiger partial charge in [-0.15, -0.1) is 0 Å². The summed E-state index contributed by atoms with van der Waals surface area (Å²) >= 11 is 0. The van der Waals surface area contributed by atoms with E-state index in [0.717, 1.165) is 22.2 Å². The van der Waals surface area contributed by atoms with Crippen LogP contribution in [0.2, 0.25) is 0 Å². The van der Waals surface area contributed by atoms with Crippen LogP contribution in [0.1, 0.15) is 5.56 Å². The fraction of sp³-hybridized carbons (Fsp3) is 0.0909. The first-order valence-corrected chi connectivity index (χ1v) is 4.37. The molecular weight excluding hydrogens is 176 g/mol. The van der Waals surface area contributed by atoms with Crippen LogP contribution in [-0.4, -0.2) is 11.4 Å². The van der Waals surface area contributed by atoms with Gasteiger partial charge in [0.25, 0.3) is 0 Å². The Morgan fingerprint density at radius 2 is 2.21 bits per heavy atom. The SMILES string of the molecule is Cc1ccnc2c(NC=O)cccc12. The number of hydrogen-bond acceptors (Lipinski definition) is 2. The number of anilines is 1. The van der Waals surface area contributed by atoms with Crippen LogP contribution < -0.4 is 5.32 Å². The zero-order chi connectivity index (χ0) is 9.97. The predicted octanol–water partition coefficient (Wildman–Crippen LogP) is 2.11. The highest BCUT2D eigenvalue weighted by atomic mass is 16.1. The summed E-state index contributed by atoms with van der Waals surface area (Å²) in [4.78, 5) is 14.6. The maximum absolute atomic E-state index is 10.4. The van der Waals surface area contributed by atoms with Crippen molar-refractivity contribution >= 4 is 23.0 Å². The molecule has 1 aromatic heterocycles. The average Bonchev–Trinajstić information content (AvgIpc) is 2.20. The average molecular weight is 186 g/mol. The fourth-order valence-electron chi connectivity index (χ4n) is 1.49. The summed E-state index contributed by atoms with van der Waals surface area (Å²) in [7, 11) is 0. The lowest BCUT2D eigenvalue weighted by Crippen LogP contribution is -1.96. The maximum atomic E-state index is 10.4. The quantitative estimate of drug-likeness (QED) is 0.730. The first-order chi connectivity index (χ1) is 6.83. The molecule has 0 aliphatic carbocycles. The van der Waals surface area contributed by atoms with Gasteiger partial charge in [0.05, 0.1) is 11.2 Å². The van der Waals surface area contributed by atoms with Crippen molar-refractivity contribution < 1.29 is 4.79 Å². The second kappa shape index (κ2) is 3.46. The third kappa shape index (κ3) is 1.33. The molecule has 0 spiro atoms. The monoisotopic (exact) mass is 186 g/mol. The summed E-state index contributed by atoms with van der Waals surface area (Å²) in [5.41, 5.74) is 2.74. The van der Waals surface area contributed by atoms with Crippen LogP contribution in [0.25, 0.3) is 10.9 Å². The van der Waals surface area contributed by atoms with E-state index < -0.39 is 0 Å². The predicted molar refractivity (Wildman–Crippen MR) is 56.2 cm³/mol. The first kappa shape index (κ1) is 8.69. The number of pyridine rings is 1. The number of rotatable bonds is 2. The molecule has 14 heavy (non-hydrogen) atoms. The van der Waals surface area contributed by atoms with Crippen molar-refractivity contribution in [2.75, 3.05) is 5.32 Å². The molecule has 0 radical (unpaired) electrons. The zero-order valence-corrected chi connectivity index (χ0v) is 7.82. The maximum Gasteiger partial charge on any atom is 0.211 e. The highest BCUT2D eigenvalue weighted by Crippen LogP contribution is 2.22. The number of fused-ring (bicyclic) bond motifs is 1. The van der Waals surface area contributed by atoms with Gasteiger partial charge in [0.15, 0.2) is 0 Å². The van der Waals surface area contributed by atoms with Gasteiger partial charge in [-0.25, -0.2) is 0 Å². The molecule has 0 atom stereocenters. The normalized spacial score (nSPS) is 10.1. The van der Waals surface area contributed by atoms with E-state index in [4.69, 9.17) is 0 Å². The topological polar surface area (TPSA) is 42.0 Å². The largest absolute Gasteiger partial charge is 0.327 e. The van der Waals surface area contributed by atoms with Crippen LogP contribution in [0.4, 0.5) is 5.69 Å². The molecule has 0 unspecified atom stereocenters. The number of nitrogens with zero attached hydrogens (tertiary/aromatic N) is 1. The molecule has 0 saturated heterocycles. The molecule has 1 N–H and O–H groups in total. The van der Waals surface area contributed by atoms with Crippen molar-refractivity contribution in [2.24, 2.45) is 0 Å². The summed E-state index contributed by atoms with van der Waals surface area (Å²) in [6.07, 6.45) is 2.41. The van der Waals surface area contributed by atoms with E-state index in [1.807, 2.05) is 31.2 Å². The third-order valence-electron chi connectivity index (χ3n) is 2.20. The van der Waals surface area contributed by atoms with Crippen LogP contribution in [0.3, 0.4) is 0 Å². The fourth-order valence-corrected chi connectivity index (χ4v) is 1.49. The van der Waals surface area contributed by atoms with Gasteiger partial charge in [-0.3, -0.25) is 9.78 Å². The Labute approximate surface area is 81.8 Å². The number of hydrogen-bond donors (Lipinski definition) is 1. The number of para-hydroxylation sites is 1. The molecule has 3 heteroatoms. The van der Waals surface area contributed by atoms with E-state index in [0.29, 0.717) is 6.41 Å². The minimum absolute atomic E-state index is 0.665. The number of benzene rings is 1. The van der Waals surface area contributed by atoms with E-state index in [1.165, 1.54) is 0 Å². The minimum atomic E-state index is 0.665. The molecule has 1 aromatic carbocycles. The third-order valence-corrected chi connectivity index (χ3v) is 2.20. The number of carbonyl (C=O) groups excluding carboxylic acids is 1. The second-order valence-corrected chi connectivity index (χ2v) is 3.09. The summed E-state index contributed by atoms with van der Waals surface area (Å²) in [5.74, 6) is 0. The van der Waals surface area contributed by atoms with Crippen molar-refractivity contribution in [1.29, 1.82) is 0 Å². The Balaban J connectivity index is 2.74. The number of aromatic nitrogens is 1. The molecule has 0 fully saturated rings. The molecule has 70 valence electrons. The molecular formula is C11H10N2O.